The Labute approximate surface area is 404 Å². The molecule has 0 spiro atoms. The quantitative estimate of drug-likeness (QED) is 0.0359. The fourth-order valence-corrected chi connectivity index (χ4v) is 9.13. The molecule has 3 heteroatoms. The van der Waals surface area contributed by atoms with E-state index in [1.54, 1.807) is 0 Å². The molecule has 0 saturated carbocycles. The molecular weight excluding hydrogens is 807 g/mol. The molecule has 2 nitrogen and oxygen atoms in total. The average Bonchev–Trinajstić information content (AvgIpc) is 3.29. The number of benzene rings is 2. The number of rotatable bonds is 45. The van der Waals surface area contributed by atoms with Crippen molar-refractivity contribution in [3.8, 4) is 0 Å². The molecule has 0 heterocycles. The molecule has 0 aliphatic heterocycles. The van der Waals surface area contributed by atoms with Gasteiger partial charge in [-0.1, -0.05) is 270 Å². The summed E-state index contributed by atoms with van der Waals surface area (Å²) in [5.41, 5.74) is 7.52. The summed E-state index contributed by atoms with van der Waals surface area (Å²) in [6.45, 7) is 9.22. The molecule has 0 N–H and O–H groups in total. The smallest absolute Gasteiger partial charge is 0.0633 e. The van der Waals surface area contributed by atoms with E-state index in [0.29, 0.717) is 0 Å². The van der Waals surface area contributed by atoms with E-state index in [1.165, 1.54) is 273 Å². The maximum absolute atomic E-state index is 5.37. The normalized spacial score (nSPS) is 12.0. The number of unbranched alkanes of at least 4 members (excludes halogenated alkanes) is 34. The zero-order valence-corrected chi connectivity index (χ0v) is 43.5. The molecule has 0 amide bonds. The monoisotopic (exact) mass is 911 g/mol. The van der Waals surface area contributed by atoms with Gasteiger partial charge < -0.3 is 0 Å². The molecule has 0 radical (unpaired) electrons. The number of nitrogens with zero attached hydrogens (tertiary/aromatic N) is 2. The molecule has 2 aromatic rings. The van der Waals surface area contributed by atoms with Crippen molar-refractivity contribution in [2.24, 2.45) is 9.98 Å². The summed E-state index contributed by atoms with van der Waals surface area (Å²) >= 11 is 0. The summed E-state index contributed by atoms with van der Waals surface area (Å²) in [5.74, 6) is 0. The van der Waals surface area contributed by atoms with Gasteiger partial charge in [-0.25, -0.2) is 0 Å². The van der Waals surface area contributed by atoms with E-state index >= 15 is 0 Å². The summed E-state index contributed by atoms with van der Waals surface area (Å²) < 4.78 is 0. The zero-order valence-electron chi connectivity index (χ0n) is 42.5. The van der Waals surface area contributed by atoms with Gasteiger partial charge in [-0.05, 0) is 86.8 Å². The van der Waals surface area contributed by atoms with E-state index in [2.05, 4.69) is 76.2 Å². The standard InChI is InChI=1S/C60H104N2.Ni/c1-5-9-13-16-19-21-23-25-27-29-31-33-35-37-40-43-55-47-51-57(52-48-55)61-59(45-12-8-4)60(46-42-39-18-15-11-7-3)62-58-53-49-56(50-54-58)44-41-38-36-34-32-30-28-26-24-22-20-17-14-10-6-2;/h47-54H,5-46H2,1-4H3;. The van der Waals surface area contributed by atoms with Gasteiger partial charge in [0, 0.05) is 16.5 Å². The average molecular weight is 912 g/mol. The van der Waals surface area contributed by atoms with Gasteiger partial charge in [-0.3, -0.25) is 9.98 Å². The third-order valence-electron chi connectivity index (χ3n) is 13.4. The van der Waals surface area contributed by atoms with E-state index in [9.17, 15) is 0 Å². The Balaban J connectivity index is 0.0000198. The third-order valence-corrected chi connectivity index (χ3v) is 13.4. The minimum atomic E-state index is 0. The Bertz CT molecular complexity index is 1290. The van der Waals surface area contributed by atoms with Gasteiger partial charge in [-0.15, -0.1) is 0 Å². The van der Waals surface area contributed by atoms with Crippen LogP contribution < -0.4 is 0 Å². The predicted molar refractivity (Wildman–Crippen MR) is 282 cm³/mol. The van der Waals surface area contributed by atoms with Gasteiger partial charge >= 0.3 is 0 Å². The summed E-state index contributed by atoms with van der Waals surface area (Å²) in [7, 11) is 0. The molecule has 0 aromatic heterocycles. The van der Waals surface area contributed by atoms with Crippen molar-refractivity contribution in [3.05, 3.63) is 59.7 Å². The molecule has 0 aliphatic carbocycles. The molecule has 0 aliphatic rings. The van der Waals surface area contributed by atoms with Crippen LogP contribution in [0.15, 0.2) is 58.5 Å². The Morgan fingerprint density at radius 2 is 0.492 bits per heavy atom. The maximum atomic E-state index is 5.37. The van der Waals surface area contributed by atoms with E-state index < -0.39 is 0 Å². The Morgan fingerprint density at radius 1 is 0.270 bits per heavy atom. The summed E-state index contributed by atoms with van der Waals surface area (Å²) in [4.78, 5) is 10.7. The first-order valence-corrected chi connectivity index (χ1v) is 28.0. The van der Waals surface area contributed by atoms with Crippen molar-refractivity contribution in [3.63, 3.8) is 0 Å². The van der Waals surface area contributed by atoms with E-state index in [0.717, 1.165) is 30.6 Å². The van der Waals surface area contributed by atoms with Crippen molar-refractivity contribution in [1.29, 1.82) is 0 Å². The summed E-state index contributed by atoms with van der Waals surface area (Å²) in [6.07, 6.45) is 57.1. The Hall–Kier alpha value is -1.73. The van der Waals surface area contributed by atoms with Crippen LogP contribution in [0.25, 0.3) is 0 Å². The van der Waals surface area contributed by atoms with Gasteiger partial charge in [-0.2, -0.15) is 0 Å². The Morgan fingerprint density at radius 3 is 0.762 bits per heavy atom. The van der Waals surface area contributed by atoms with E-state index in [-0.39, 0.29) is 16.5 Å². The third kappa shape index (κ3) is 35.2. The molecule has 0 atom stereocenters. The molecule has 364 valence electrons. The first-order valence-electron chi connectivity index (χ1n) is 28.0. The summed E-state index contributed by atoms with van der Waals surface area (Å²) in [5, 5.41) is 0. The van der Waals surface area contributed by atoms with E-state index in [4.69, 9.17) is 9.98 Å². The molecule has 0 unspecified atom stereocenters. The fraction of sp³-hybridized carbons (Fsp3) is 0.767. The molecular formula is C60H104N2Ni. The first-order chi connectivity index (χ1) is 30.7. The van der Waals surface area contributed by atoms with Crippen molar-refractivity contribution in [2.75, 3.05) is 0 Å². The largest absolute Gasteiger partial charge is 0.252 e. The topological polar surface area (TPSA) is 24.7 Å². The molecule has 0 fully saturated rings. The van der Waals surface area contributed by atoms with Gasteiger partial charge in [0.2, 0.25) is 0 Å². The van der Waals surface area contributed by atoms with Gasteiger partial charge in [0.15, 0.2) is 0 Å². The number of aryl methyl sites for hydroxylation is 2. The summed E-state index contributed by atoms with van der Waals surface area (Å²) in [6, 6.07) is 18.4. The first kappa shape index (κ1) is 59.3. The fourth-order valence-electron chi connectivity index (χ4n) is 9.13. The van der Waals surface area contributed by atoms with Gasteiger partial charge in [0.25, 0.3) is 0 Å². The van der Waals surface area contributed by atoms with Crippen molar-refractivity contribution >= 4 is 22.8 Å². The molecule has 2 aromatic carbocycles. The van der Waals surface area contributed by atoms with Crippen LogP contribution in [0.3, 0.4) is 0 Å². The van der Waals surface area contributed by atoms with Crippen LogP contribution in [0.1, 0.15) is 296 Å². The minimum absolute atomic E-state index is 0. The molecule has 0 bridgehead atoms. The second kappa shape index (κ2) is 45.4. The van der Waals surface area contributed by atoms with Crippen molar-refractivity contribution in [2.45, 2.75) is 297 Å². The number of aliphatic imine (C=N–C) groups is 2. The number of hydrogen-bond donors (Lipinski definition) is 0. The van der Waals surface area contributed by atoms with Crippen LogP contribution >= 0.6 is 0 Å². The van der Waals surface area contributed by atoms with Crippen LogP contribution in [0, 0.1) is 0 Å². The van der Waals surface area contributed by atoms with Crippen LogP contribution in [-0.4, -0.2) is 11.4 Å². The minimum Gasteiger partial charge on any atom is -0.252 e. The second-order valence-corrected chi connectivity index (χ2v) is 19.5. The zero-order chi connectivity index (χ0) is 44.2. The Kier molecular flexibility index (Phi) is 42.8. The SMILES string of the molecule is CCCCCCCCCCCCCCCCCc1ccc(N=C(CCCC)C(CCCCCCCC)=Nc2ccc(CCCCCCCCCCCCCCCCC)cc2)cc1.[Ni]. The molecule has 0 saturated heterocycles. The van der Waals surface area contributed by atoms with Gasteiger partial charge in [0.1, 0.15) is 0 Å². The van der Waals surface area contributed by atoms with Crippen LogP contribution in [0.4, 0.5) is 11.4 Å². The maximum Gasteiger partial charge on any atom is 0.0633 e. The van der Waals surface area contributed by atoms with Crippen molar-refractivity contribution < 1.29 is 16.5 Å². The van der Waals surface area contributed by atoms with Crippen molar-refractivity contribution in [1.82, 2.24) is 0 Å². The number of hydrogen-bond acceptors (Lipinski definition) is 2. The molecule has 2 rings (SSSR count). The van der Waals surface area contributed by atoms with Crippen LogP contribution in [0.2, 0.25) is 0 Å². The second-order valence-electron chi connectivity index (χ2n) is 19.5. The van der Waals surface area contributed by atoms with Crippen LogP contribution in [0.5, 0.6) is 0 Å². The predicted octanol–water partition coefficient (Wildman–Crippen LogP) is 21.3. The molecule has 63 heavy (non-hydrogen) atoms. The van der Waals surface area contributed by atoms with Gasteiger partial charge in [0.05, 0.1) is 22.8 Å². The van der Waals surface area contributed by atoms with E-state index in [1.807, 2.05) is 0 Å². The van der Waals surface area contributed by atoms with Crippen LogP contribution in [-0.2, 0) is 29.3 Å².